The largest absolute Gasteiger partial charge is 0.273 e. The number of fused-ring (bicyclic) bond motifs is 1. The van der Waals surface area contributed by atoms with E-state index in [2.05, 4.69) is 0 Å². The maximum atomic E-state index is 13.3. The third-order valence-corrected chi connectivity index (χ3v) is 3.13. The number of nitro groups is 1. The highest BCUT2D eigenvalue weighted by atomic mass is 35.5. The van der Waals surface area contributed by atoms with Gasteiger partial charge in [-0.25, -0.2) is 4.39 Å². The van der Waals surface area contributed by atoms with Gasteiger partial charge in [-0.3, -0.25) is 10.1 Å². The summed E-state index contributed by atoms with van der Waals surface area (Å²) in [5, 5.41) is 12.5. The normalized spacial score (nSPS) is 10.7. The lowest BCUT2D eigenvalue weighted by molar-refractivity contribution is -0.384. The lowest BCUT2D eigenvalue weighted by Gasteiger charge is -1.94. The topological polar surface area (TPSA) is 43.1 Å². The van der Waals surface area contributed by atoms with Crippen LogP contribution >= 0.6 is 22.9 Å². The zero-order valence-electron chi connectivity index (χ0n) is 6.66. The predicted molar refractivity (Wildman–Crippen MR) is 53.4 cm³/mol. The van der Waals surface area contributed by atoms with E-state index in [1.807, 2.05) is 0 Å². The van der Waals surface area contributed by atoms with Crippen LogP contribution in [-0.2, 0) is 0 Å². The van der Waals surface area contributed by atoms with Crippen molar-refractivity contribution in [1.82, 2.24) is 0 Å². The van der Waals surface area contributed by atoms with Gasteiger partial charge in [0.15, 0.2) is 0 Å². The number of non-ortho nitro benzene ring substituents is 1. The molecule has 0 radical (unpaired) electrons. The van der Waals surface area contributed by atoms with E-state index >= 15 is 0 Å². The van der Waals surface area contributed by atoms with Gasteiger partial charge < -0.3 is 0 Å². The smallest absolute Gasteiger partial charge is 0.258 e. The first-order valence-corrected chi connectivity index (χ1v) is 4.86. The summed E-state index contributed by atoms with van der Waals surface area (Å²) in [5.74, 6) is -0.652. The number of nitrogens with zero attached hydrogens (tertiary/aromatic N) is 1. The maximum Gasteiger partial charge on any atom is 0.273 e. The highest BCUT2D eigenvalue weighted by Crippen LogP contribution is 2.34. The molecular weight excluding hydrogens is 229 g/mol. The highest BCUT2D eigenvalue weighted by molar-refractivity contribution is 7.17. The van der Waals surface area contributed by atoms with E-state index in [1.165, 1.54) is 17.4 Å². The van der Waals surface area contributed by atoms with Gasteiger partial charge in [0.2, 0.25) is 0 Å². The van der Waals surface area contributed by atoms with Crippen molar-refractivity contribution in [2.45, 2.75) is 0 Å². The molecular formula is C8H3ClFNO2S. The van der Waals surface area contributed by atoms with Crippen LogP contribution in [-0.4, -0.2) is 4.92 Å². The number of rotatable bonds is 1. The number of thiophene rings is 1. The SMILES string of the molecule is O=[N+]([O-])c1cc(F)c2c(Cl)csc2c1. The van der Waals surface area contributed by atoms with Crippen molar-refractivity contribution in [3.05, 3.63) is 38.5 Å². The average molecular weight is 232 g/mol. The maximum absolute atomic E-state index is 13.3. The number of hydrogen-bond donors (Lipinski definition) is 0. The first-order valence-electron chi connectivity index (χ1n) is 3.60. The molecule has 0 saturated heterocycles. The van der Waals surface area contributed by atoms with Crippen molar-refractivity contribution in [3.8, 4) is 0 Å². The molecule has 0 aliphatic rings. The number of benzene rings is 1. The molecule has 0 N–H and O–H groups in total. The third kappa shape index (κ3) is 1.34. The summed E-state index contributed by atoms with van der Waals surface area (Å²) in [6, 6.07) is 2.19. The number of halogens is 2. The Morgan fingerprint density at radius 1 is 1.50 bits per heavy atom. The Morgan fingerprint density at radius 3 is 2.86 bits per heavy atom. The molecule has 1 aromatic heterocycles. The second-order valence-electron chi connectivity index (χ2n) is 2.64. The van der Waals surface area contributed by atoms with Crippen LogP contribution < -0.4 is 0 Å². The summed E-state index contributed by atoms with van der Waals surface area (Å²) >= 11 is 6.89. The second kappa shape index (κ2) is 3.18. The Kier molecular flexibility index (Phi) is 2.13. The first kappa shape index (κ1) is 9.36. The minimum absolute atomic E-state index is 0.252. The van der Waals surface area contributed by atoms with Gasteiger partial charge in [-0.2, -0.15) is 0 Å². The molecule has 2 aromatic rings. The van der Waals surface area contributed by atoms with Gasteiger partial charge in [0.25, 0.3) is 5.69 Å². The minimum atomic E-state index is -0.652. The summed E-state index contributed by atoms with van der Waals surface area (Å²) in [4.78, 5) is 9.79. The van der Waals surface area contributed by atoms with Crippen molar-refractivity contribution < 1.29 is 9.31 Å². The molecule has 0 spiro atoms. The summed E-state index contributed by atoms with van der Waals surface area (Å²) in [6.07, 6.45) is 0. The molecule has 3 nitrogen and oxygen atoms in total. The quantitative estimate of drug-likeness (QED) is 0.556. The fraction of sp³-hybridized carbons (Fsp3) is 0. The molecule has 0 fully saturated rings. The number of hydrogen-bond acceptors (Lipinski definition) is 3. The van der Waals surface area contributed by atoms with Crippen LogP contribution in [0.4, 0.5) is 10.1 Å². The highest BCUT2D eigenvalue weighted by Gasteiger charge is 2.14. The second-order valence-corrected chi connectivity index (χ2v) is 3.96. The number of nitro benzene ring substituents is 1. The van der Waals surface area contributed by atoms with Gasteiger partial charge >= 0.3 is 0 Å². The van der Waals surface area contributed by atoms with Gasteiger partial charge in [0.05, 0.1) is 16.0 Å². The first-order chi connectivity index (χ1) is 6.59. The van der Waals surface area contributed by atoms with E-state index in [0.29, 0.717) is 4.70 Å². The molecule has 0 amide bonds. The molecule has 1 heterocycles. The van der Waals surface area contributed by atoms with Gasteiger partial charge in [-0.05, 0) is 0 Å². The lowest BCUT2D eigenvalue weighted by atomic mass is 10.2. The fourth-order valence-corrected chi connectivity index (χ4v) is 2.42. The molecule has 0 saturated carbocycles. The van der Waals surface area contributed by atoms with Crippen molar-refractivity contribution >= 4 is 38.7 Å². The van der Waals surface area contributed by atoms with Gasteiger partial charge in [-0.15, -0.1) is 11.3 Å². The average Bonchev–Trinajstić information content (AvgIpc) is 2.48. The Morgan fingerprint density at radius 2 is 2.21 bits per heavy atom. The van der Waals surface area contributed by atoms with Crippen LogP contribution in [0.2, 0.25) is 5.02 Å². The van der Waals surface area contributed by atoms with Crippen LogP contribution in [0.5, 0.6) is 0 Å². The van der Waals surface area contributed by atoms with Gasteiger partial charge in [0.1, 0.15) is 5.82 Å². The lowest BCUT2D eigenvalue weighted by Crippen LogP contribution is -1.88. The van der Waals surface area contributed by atoms with E-state index in [1.54, 1.807) is 5.38 Å². The minimum Gasteiger partial charge on any atom is -0.258 e. The van der Waals surface area contributed by atoms with Gasteiger partial charge in [0, 0.05) is 21.5 Å². The summed E-state index contributed by atoms with van der Waals surface area (Å²) in [6.45, 7) is 0. The van der Waals surface area contributed by atoms with Crippen LogP contribution in [0, 0.1) is 15.9 Å². The molecule has 0 aliphatic heterocycles. The van der Waals surface area contributed by atoms with Crippen molar-refractivity contribution in [3.63, 3.8) is 0 Å². The Labute approximate surface area is 86.9 Å². The molecule has 0 atom stereocenters. The van der Waals surface area contributed by atoms with Crippen molar-refractivity contribution in [1.29, 1.82) is 0 Å². The molecule has 2 rings (SSSR count). The summed E-state index contributed by atoms with van der Waals surface area (Å²) in [7, 11) is 0. The zero-order valence-corrected chi connectivity index (χ0v) is 8.23. The standard InChI is InChI=1S/C8H3ClFNO2S/c9-5-3-14-7-2-4(11(12)13)1-6(10)8(5)7/h1-3H. The molecule has 1 aromatic carbocycles. The van der Waals surface area contributed by atoms with E-state index in [0.717, 1.165) is 6.07 Å². The fourth-order valence-electron chi connectivity index (χ4n) is 1.17. The van der Waals surface area contributed by atoms with E-state index in [9.17, 15) is 14.5 Å². The van der Waals surface area contributed by atoms with Crippen molar-refractivity contribution in [2.24, 2.45) is 0 Å². The predicted octanol–water partition coefficient (Wildman–Crippen LogP) is 3.60. The monoisotopic (exact) mass is 231 g/mol. The summed E-state index contributed by atoms with van der Waals surface area (Å²) in [5.41, 5.74) is -0.256. The van der Waals surface area contributed by atoms with E-state index < -0.39 is 10.7 Å². The van der Waals surface area contributed by atoms with E-state index in [-0.39, 0.29) is 16.1 Å². The van der Waals surface area contributed by atoms with Crippen LogP contribution in [0.15, 0.2) is 17.5 Å². The Hall–Kier alpha value is -1.20. The molecule has 0 aliphatic carbocycles. The van der Waals surface area contributed by atoms with Crippen molar-refractivity contribution in [2.75, 3.05) is 0 Å². The van der Waals surface area contributed by atoms with E-state index in [4.69, 9.17) is 11.6 Å². The molecule has 72 valence electrons. The zero-order chi connectivity index (χ0) is 10.3. The Balaban J connectivity index is 2.80. The van der Waals surface area contributed by atoms with Crippen LogP contribution in [0.1, 0.15) is 0 Å². The molecule has 0 unspecified atom stereocenters. The summed E-state index contributed by atoms with van der Waals surface area (Å²) < 4.78 is 13.8. The van der Waals surface area contributed by atoms with Gasteiger partial charge in [-0.1, -0.05) is 11.6 Å². The van der Waals surface area contributed by atoms with Crippen LogP contribution in [0.3, 0.4) is 0 Å². The Bertz CT molecular complexity index is 525. The molecule has 6 heteroatoms. The van der Waals surface area contributed by atoms with Crippen LogP contribution in [0.25, 0.3) is 10.1 Å². The molecule has 14 heavy (non-hydrogen) atoms. The molecule has 0 bridgehead atoms. The third-order valence-electron chi connectivity index (χ3n) is 1.78.